The highest BCUT2D eigenvalue weighted by molar-refractivity contribution is 5.87. The summed E-state index contributed by atoms with van der Waals surface area (Å²) in [6.45, 7) is 0.774. The molecular formula is C31H31N3O3. The molecule has 0 saturated carbocycles. The molecule has 6 nitrogen and oxygen atoms in total. The van der Waals surface area contributed by atoms with Crippen LogP contribution in [-0.2, 0) is 9.53 Å². The Morgan fingerprint density at radius 1 is 0.811 bits per heavy atom. The molecule has 4 aromatic carbocycles. The maximum absolute atomic E-state index is 11.8. The highest BCUT2D eigenvalue weighted by atomic mass is 16.5. The van der Waals surface area contributed by atoms with Crippen LogP contribution in [0.2, 0.25) is 0 Å². The van der Waals surface area contributed by atoms with Gasteiger partial charge < -0.3 is 20.6 Å². The summed E-state index contributed by atoms with van der Waals surface area (Å²) in [5.74, 6) is 0.421. The van der Waals surface area contributed by atoms with Gasteiger partial charge in [-0.1, -0.05) is 66.7 Å². The van der Waals surface area contributed by atoms with Gasteiger partial charge in [0.15, 0.2) is 0 Å². The minimum atomic E-state index is -0.356. The van der Waals surface area contributed by atoms with E-state index in [-0.39, 0.29) is 5.97 Å². The number of nitrogen functional groups attached to an aromatic ring is 1. The smallest absolute Gasteiger partial charge is 0.330 e. The van der Waals surface area contributed by atoms with E-state index in [1.807, 2.05) is 73.8 Å². The molecule has 0 saturated heterocycles. The van der Waals surface area contributed by atoms with Crippen LogP contribution in [0.1, 0.15) is 12.0 Å². The van der Waals surface area contributed by atoms with Crippen molar-refractivity contribution >= 4 is 23.4 Å². The number of carbonyl (C=O) groups excluding carboxylic acids is 1. The van der Waals surface area contributed by atoms with Gasteiger partial charge in [-0.05, 0) is 64.2 Å². The number of carbonyl (C=O) groups is 1. The van der Waals surface area contributed by atoms with E-state index in [1.165, 1.54) is 6.08 Å². The predicted octanol–water partition coefficient (Wildman–Crippen LogP) is 6.17. The lowest BCUT2D eigenvalue weighted by molar-refractivity contribution is -0.137. The summed E-state index contributed by atoms with van der Waals surface area (Å²) in [6.07, 6.45) is 3.79. The Kier molecular flexibility index (Phi) is 8.94. The third-order valence-electron chi connectivity index (χ3n) is 5.64. The highest BCUT2D eigenvalue weighted by Gasteiger charge is 2.04. The summed E-state index contributed by atoms with van der Waals surface area (Å²) in [6, 6.07) is 31.9. The second-order valence-electron chi connectivity index (χ2n) is 8.43. The summed E-state index contributed by atoms with van der Waals surface area (Å²) in [5.41, 5.74) is 19.0. The molecule has 4 aromatic rings. The van der Waals surface area contributed by atoms with Gasteiger partial charge in [-0.2, -0.15) is 0 Å². The molecule has 0 aliphatic rings. The normalized spacial score (nSPS) is 10.8. The molecule has 0 radical (unpaired) electrons. The first-order valence-corrected chi connectivity index (χ1v) is 12.2. The van der Waals surface area contributed by atoms with Crippen LogP contribution in [0.4, 0.5) is 11.4 Å². The maximum Gasteiger partial charge on any atom is 0.330 e. The molecule has 0 amide bonds. The molecule has 0 aliphatic heterocycles. The summed E-state index contributed by atoms with van der Waals surface area (Å²) in [7, 11) is 1.82. The lowest BCUT2D eigenvalue weighted by Gasteiger charge is -2.10. The molecule has 0 fully saturated rings. The van der Waals surface area contributed by atoms with E-state index in [4.69, 9.17) is 15.2 Å². The minimum absolute atomic E-state index is 0.308. The quantitative estimate of drug-likeness (QED) is 0.0761. The average molecular weight is 494 g/mol. The van der Waals surface area contributed by atoms with E-state index in [0.29, 0.717) is 25.3 Å². The number of hydrazine groups is 1. The number of rotatable bonds is 11. The number of hydrogen-bond donors (Lipinski definition) is 3. The monoisotopic (exact) mass is 493 g/mol. The summed E-state index contributed by atoms with van der Waals surface area (Å²) >= 11 is 0. The maximum atomic E-state index is 11.8. The van der Waals surface area contributed by atoms with Crippen LogP contribution in [0.3, 0.4) is 0 Å². The lowest BCUT2D eigenvalue weighted by atomic mass is 9.99. The first-order valence-electron chi connectivity index (χ1n) is 12.2. The molecule has 0 atom stereocenters. The first-order chi connectivity index (χ1) is 18.1. The van der Waals surface area contributed by atoms with Crippen molar-refractivity contribution in [1.29, 1.82) is 0 Å². The molecule has 4 N–H and O–H groups in total. The van der Waals surface area contributed by atoms with Gasteiger partial charge in [-0.15, -0.1) is 0 Å². The molecule has 0 unspecified atom stereocenters. The van der Waals surface area contributed by atoms with E-state index in [0.717, 1.165) is 39.3 Å². The molecule has 0 aliphatic carbocycles. The Morgan fingerprint density at radius 3 is 2.14 bits per heavy atom. The zero-order chi connectivity index (χ0) is 25.9. The lowest BCUT2D eigenvalue weighted by Crippen LogP contribution is -2.15. The number of esters is 1. The molecule has 0 spiro atoms. The Hall–Kier alpha value is -4.55. The fraction of sp³-hybridized carbons (Fsp3) is 0.129. The fourth-order valence-electron chi connectivity index (χ4n) is 3.83. The largest absolute Gasteiger partial charge is 0.493 e. The van der Waals surface area contributed by atoms with Crippen molar-refractivity contribution in [2.75, 3.05) is 31.4 Å². The number of ether oxygens (including phenoxy) is 2. The summed E-state index contributed by atoms with van der Waals surface area (Å²) < 4.78 is 11.0. The molecule has 0 heterocycles. The van der Waals surface area contributed by atoms with Gasteiger partial charge >= 0.3 is 5.97 Å². The minimum Gasteiger partial charge on any atom is -0.493 e. The molecule has 0 bridgehead atoms. The number of benzene rings is 4. The predicted molar refractivity (Wildman–Crippen MR) is 151 cm³/mol. The second kappa shape index (κ2) is 13.0. The number of anilines is 2. The number of nitrogens with one attached hydrogen (secondary N) is 2. The molecule has 4 rings (SSSR count). The van der Waals surface area contributed by atoms with Gasteiger partial charge in [-0.25, -0.2) is 10.2 Å². The van der Waals surface area contributed by atoms with Crippen molar-refractivity contribution in [2.24, 2.45) is 0 Å². The Labute approximate surface area is 217 Å². The topological polar surface area (TPSA) is 85.6 Å². The Morgan fingerprint density at radius 2 is 1.46 bits per heavy atom. The van der Waals surface area contributed by atoms with Crippen molar-refractivity contribution in [1.82, 2.24) is 5.43 Å². The van der Waals surface area contributed by atoms with Crippen molar-refractivity contribution in [2.45, 2.75) is 6.42 Å². The SMILES string of the molecule is CNNc1cc(N)cc(-c2ccc(-c3ccc(OCCCOC(=O)C=Cc4ccccc4)cc3)cc2)c1. The first kappa shape index (κ1) is 25.5. The van der Waals surface area contributed by atoms with Crippen LogP contribution in [-0.4, -0.2) is 26.2 Å². The van der Waals surface area contributed by atoms with Crippen LogP contribution in [0, 0.1) is 0 Å². The molecule has 0 aromatic heterocycles. The third kappa shape index (κ3) is 7.72. The van der Waals surface area contributed by atoms with Crippen molar-refractivity contribution < 1.29 is 14.3 Å². The van der Waals surface area contributed by atoms with Gasteiger partial charge in [0, 0.05) is 25.2 Å². The van der Waals surface area contributed by atoms with E-state index < -0.39 is 0 Å². The molecule has 6 heteroatoms. The van der Waals surface area contributed by atoms with Gasteiger partial charge in [0.2, 0.25) is 0 Å². The van der Waals surface area contributed by atoms with Gasteiger partial charge in [0.25, 0.3) is 0 Å². The van der Waals surface area contributed by atoms with Crippen LogP contribution in [0.5, 0.6) is 5.75 Å². The van der Waals surface area contributed by atoms with E-state index in [2.05, 4.69) is 41.2 Å². The van der Waals surface area contributed by atoms with Gasteiger partial charge in [0.1, 0.15) is 5.75 Å². The Balaban J connectivity index is 1.24. The van der Waals surface area contributed by atoms with Gasteiger partial charge in [-0.3, -0.25) is 0 Å². The summed E-state index contributed by atoms with van der Waals surface area (Å²) in [5, 5.41) is 0. The van der Waals surface area contributed by atoms with Crippen molar-refractivity contribution in [3.8, 4) is 28.0 Å². The van der Waals surface area contributed by atoms with E-state index >= 15 is 0 Å². The zero-order valence-corrected chi connectivity index (χ0v) is 20.8. The number of hydrogen-bond acceptors (Lipinski definition) is 6. The standard InChI is InChI=1S/C31H31N3O3/c1-33-34-29-21-27(20-28(32)22-29)26-11-9-24(10-12-26)25-13-15-30(16-14-25)36-18-5-19-37-31(35)17-8-23-6-3-2-4-7-23/h2-4,6-17,20-22,33-34H,5,18-19,32H2,1H3. The zero-order valence-electron chi connectivity index (χ0n) is 20.8. The Bertz CT molecular complexity index is 1320. The van der Waals surface area contributed by atoms with Crippen LogP contribution in [0.15, 0.2) is 103 Å². The third-order valence-corrected chi connectivity index (χ3v) is 5.64. The van der Waals surface area contributed by atoms with E-state index in [9.17, 15) is 4.79 Å². The average Bonchev–Trinajstić information content (AvgIpc) is 2.93. The number of nitrogens with two attached hydrogens (primary N) is 1. The highest BCUT2D eigenvalue weighted by Crippen LogP contribution is 2.29. The molecule has 188 valence electrons. The molecule has 37 heavy (non-hydrogen) atoms. The van der Waals surface area contributed by atoms with Gasteiger partial charge in [0.05, 0.1) is 18.9 Å². The van der Waals surface area contributed by atoms with Crippen molar-refractivity contribution in [3.05, 3.63) is 109 Å². The fourth-order valence-corrected chi connectivity index (χ4v) is 3.83. The second-order valence-corrected chi connectivity index (χ2v) is 8.43. The van der Waals surface area contributed by atoms with Crippen LogP contribution in [0.25, 0.3) is 28.3 Å². The summed E-state index contributed by atoms with van der Waals surface area (Å²) in [4.78, 5) is 11.8. The van der Waals surface area contributed by atoms with Crippen LogP contribution < -0.4 is 21.3 Å². The molecular weight excluding hydrogens is 462 g/mol. The van der Waals surface area contributed by atoms with Crippen molar-refractivity contribution in [3.63, 3.8) is 0 Å². The van der Waals surface area contributed by atoms with Crippen LogP contribution >= 0.6 is 0 Å². The van der Waals surface area contributed by atoms with E-state index in [1.54, 1.807) is 6.08 Å².